The maximum atomic E-state index is 13.9. The number of carbonyl (C=O) groups excluding carboxylic acids is 2. The molecule has 0 unspecified atom stereocenters. The monoisotopic (exact) mass is 448 g/mol. The van der Waals surface area contributed by atoms with Gasteiger partial charge in [-0.1, -0.05) is 6.07 Å². The maximum Gasteiger partial charge on any atom is 0.244 e. The van der Waals surface area contributed by atoms with Gasteiger partial charge in [-0.25, -0.2) is 13.2 Å². The van der Waals surface area contributed by atoms with E-state index in [1.807, 2.05) is 4.90 Å². The molecule has 0 spiro atoms. The summed E-state index contributed by atoms with van der Waals surface area (Å²) in [6.45, 7) is 2.33. The smallest absolute Gasteiger partial charge is 0.244 e. The van der Waals surface area contributed by atoms with Crippen LogP contribution in [-0.4, -0.2) is 65.5 Å². The van der Waals surface area contributed by atoms with Crippen molar-refractivity contribution in [2.24, 2.45) is 0 Å². The number of morpholine rings is 1. The van der Waals surface area contributed by atoms with E-state index >= 15 is 0 Å². The zero-order valence-corrected chi connectivity index (χ0v) is 17.3. The van der Waals surface area contributed by atoms with Gasteiger partial charge in [0, 0.05) is 32.2 Å². The number of hydrogen-bond donors (Lipinski definition) is 1. The lowest BCUT2D eigenvalue weighted by Crippen LogP contribution is -2.57. The molecule has 1 aromatic heterocycles. The molecule has 0 aliphatic carbocycles. The Morgan fingerprint density at radius 2 is 1.91 bits per heavy atom. The second-order valence-corrected chi connectivity index (χ2v) is 7.84. The molecule has 32 heavy (non-hydrogen) atoms. The van der Waals surface area contributed by atoms with Gasteiger partial charge in [-0.15, -0.1) is 0 Å². The largest absolute Gasteiger partial charge is 0.379 e. The van der Waals surface area contributed by atoms with Gasteiger partial charge in [0.05, 0.1) is 38.1 Å². The molecular formula is C22H23F3N4O3. The summed E-state index contributed by atoms with van der Waals surface area (Å²) in [6.07, 6.45) is 0.937. The number of hydrogen-bond acceptors (Lipinski definition) is 5. The molecule has 4 rings (SSSR count). The van der Waals surface area contributed by atoms with Gasteiger partial charge in [0.2, 0.25) is 11.8 Å². The topological polar surface area (TPSA) is 74.8 Å². The third kappa shape index (κ3) is 5.08. The number of aromatic nitrogens is 1. The summed E-state index contributed by atoms with van der Waals surface area (Å²) in [4.78, 5) is 33.1. The highest BCUT2D eigenvalue weighted by Gasteiger charge is 2.35. The van der Waals surface area contributed by atoms with Crippen molar-refractivity contribution in [3.05, 3.63) is 64.7 Å². The predicted molar refractivity (Wildman–Crippen MR) is 108 cm³/mol. The zero-order valence-electron chi connectivity index (χ0n) is 17.3. The van der Waals surface area contributed by atoms with E-state index in [0.717, 1.165) is 11.8 Å². The van der Waals surface area contributed by atoms with Crippen molar-refractivity contribution in [3.8, 4) is 0 Å². The van der Waals surface area contributed by atoms with Gasteiger partial charge in [0.25, 0.3) is 0 Å². The first kappa shape index (κ1) is 22.2. The van der Waals surface area contributed by atoms with Crippen LogP contribution in [0.3, 0.4) is 0 Å². The quantitative estimate of drug-likeness (QED) is 0.723. The number of benzene rings is 1. The fraction of sp³-hybridized carbons (Fsp3) is 0.409. The molecule has 3 heterocycles. The van der Waals surface area contributed by atoms with E-state index in [0.29, 0.717) is 37.9 Å². The third-order valence-electron chi connectivity index (χ3n) is 5.70. The van der Waals surface area contributed by atoms with Crippen LogP contribution in [0.1, 0.15) is 16.8 Å². The van der Waals surface area contributed by atoms with Crippen LogP contribution in [0.2, 0.25) is 0 Å². The molecule has 170 valence electrons. The van der Waals surface area contributed by atoms with Gasteiger partial charge in [-0.3, -0.25) is 19.5 Å². The minimum Gasteiger partial charge on any atom is -0.379 e. The average molecular weight is 448 g/mol. The fourth-order valence-electron chi connectivity index (χ4n) is 3.95. The van der Waals surface area contributed by atoms with Crippen LogP contribution in [0.5, 0.6) is 0 Å². The molecule has 1 fully saturated rings. The van der Waals surface area contributed by atoms with Crippen molar-refractivity contribution < 1.29 is 27.5 Å². The highest BCUT2D eigenvalue weighted by atomic mass is 19.1. The minimum atomic E-state index is -0.875. The van der Waals surface area contributed by atoms with E-state index in [1.165, 1.54) is 17.0 Å². The Balaban J connectivity index is 1.53. The molecule has 2 amide bonds. The lowest BCUT2D eigenvalue weighted by Gasteiger charge is -2.38. The Bertz CT molecular complexity index is 1010. The van der Waals surface area contributed by atoms with E-state index in [9.17, 15) is 22.8 Å². The Morgan fingerprint density at radius 1 is 1.12 bits per heavy atom. The highest BCUT2D eigenvalue weighted by molar-refractivity contribution is 5.89. The van der Waals surface area contributed by atoms with Gasteiger partial charge in [0.1, 0.15) is 23.5 Å². The van der Waals surface area contributed by atoms with Crippen molar-refractivity contribution in [3.63, 3.8) is 0 Å². The van der Waals surface area contributed by atoms with Crippen LogP contribution in [-0.2, 0) is 33.8 Å². The Kier molecular flexibility index (Phi) is 6.71. The summed E-state index contributed by atoms with van der Waals surface area (Å²) >= 11 is 0. The summed E-state index contributed by atoms with van der Waals surface area (Å²) in [6, 6.07) is 4.08. The molecule has 0 radical (unpaired) electrons. The van der Waals surface area contributed by atoms with Gasteiger partial charge < -0.3 is 15.0 Å². The van der Waals surface area contributed by atoms with Crippen molar-refractivity contribution in [1.29, 1.82) is 0 Å². The van der Waals surface area contributed by atoms with Crippen molar-refractivity contribution in [2.75, 3.05) is 32.8 Å². The zero-order chi connectivity index (χ0) is 22.7. The van der Waals surface area contributed by atoms with E-state index in [4.69, 9.17) is 4.74 Å². The number of halogens is 3. The first-order valence-corrected chi connectivity index (χ1v) is 10.3. The molecule has 2 aliphatic heterocycles. The SMILES string of the molecule is O=C(NCc1ncc(F)cc1F)[C@H](CN1CCOCC1)N1Cc2cc(F)ccc2CC1=O. The van der Waals surface area contributed by atoms with Crippen LogP contribution in [0, 0.1) is 17.5 Å². The lowest BCUT2D eigenvalue weighted by molar-refractivity contribution is -0.142. The number of rotatable bonds is 6. The van der Waals surface area contributed by atoms with Crippen molar-refractivity contribution >= 4 is 11.8 Å². The Labute approximate surface area is 183 Å². The molecule has 7 nitrogen and oxygen atoms in total. The molecule has 1 atom stereocenters. The van der Waals surface area contributed by atoms with Crippen LogP contribution in [0.15, 0.2) is 30.5 Å². The van der Waals surface area contributed by atoms with Crippen LogP contribution >= 0.6 is 0 Å². The number of amides is 2. The maximum absolute atomic E-state index is 13.9. The predicted octanol–water partition coefficient (Wildman–Crippen LogP) is 1.40. The normalized spacial score (nSPS) is 17.7. The second kappa shape index (κ2) is 9.66. The number of ether oxygens (including phenoxy) is 1. The second-order valence-electron chi connectivity index (χ2n) is 7.84. The molecule has 2 aromatic rings. The number of fused-ring (bicyclic) bond motifs is 1. The molecule has 0 bridgehead atoms. The summed E-state index contributed by atoms with van der Waals surface area (Å²) in [5, 5.41) is 2.61. The van der Waals surface area contributed by atoms with E-state index in [2.05, 4.69) is 10.3 Å². The molecule has 2 aliphatic rings. The van der Waals surface area contributed by atoms with E-state index in [1.54, 1.807) is 6.07 Å². The minimum absolute atomic E-state index is 0.0661. The van der Waals surface area contributed by atoms with Crippen LogP contribution in [0.4, 0.5) is 13.2 Å². The van der Waals surface area contributed by atoms with Crippen LogP contribution in [0.25, 0.3) is 0 Å². The molecule has 1 N–H and O–H groups in total. The Hall–Kier alpha value is -2.98. The average Bonchev–Trinajstić information content (AvgIpc) is 2.77. The third-order valence-corrected chi connectivity index (χ3v) is 5.70. The van der Waals surface area contributed by atoms with Crippen molar-refractivity contribution in [1.82, 2.24) is 20.1 Å². The fourth-order valence-corrected chi connectivity index (χ4v) is 3.95. The molecular weight excluding hydrogens is 425 g/mol. The number of pyridine rings is 1. The molecule has 10 heteroatoms. The Morgan fingerprint density at radius 3 is 2.66 bits per heavy atom. The van der Waals surface area contributed by atoms with Gasteiger partial charge in [0.15, 0.2) is 0 Å². The van der Waals surface area contributed by atoms with Gasteiger partial charge in [-0.2, -0.15) is 0 Å². The van der Waals surface area contributed by atoms with Crippen molar-refractivity contribution in [2.45, 2.75) is 25.6 Å². The summed E-state index contributed by atoms with van der Waals surface area (Å²) < 4.78 is 46.1. The number of nitrogens with zero attached hydrogens (tertiary/aromatic N) is 3. The molecule has 1 saturated heterocycles. The first-order valence-electron chi connectivity index (χ1n) is 10.3. The van der Waals surface area contributed by atoms with E-state index < -0.39 is 29.4 Å². The van der Waals surface area contributed by atoms with E-state index in [-0.39, 0.29) is 37.7 Å². The van der Waals surface area contributed by atoms with Gasteiger partial charge >= 0.3 is 0 Å². The first-order chi connectivity index (χ1) is 15.4. The standard InChI is InChI=1S/C22H23F3N4O3/c23-16-2-1-14-8-21(30)29(12-15(14)7-16)20(13-28-3-5-32-6-4-28)22(31)27-11-19-18(25)9-17(24)10-26-19/h1-2,7,9-10,20H,3-6,8,11-13H2,(H,27,31)/t20-/m0/s1. The number of carbonyl (C=O) groups is 2. The summed E-state index contributed by atoms with van der Waals surface area (Å²) in [5.41, 5.74) is 1.27. The summed E-state index contributed by atoms with van der Waals surface area (Å²) in [5.74, 6) is -2.83. The lowest BCUT2D eigenvalue weighted by atomic mass is 9.97. The molecule has 1 aromatic carbocycles. The van der Waals surface area contributed by atoms with Gasteiger partial charge in [-0.05, 0) is 23.3 Å². The molecule has 0 saturated carbocycles. The van der Waals surface area contributed by atoms with Crippen LogP contribution < -0.4 is 5.32 Å². The number of nitrogens with one attached hydrogen (secondary N) is 1. The highest BCUT2D eigenvalue weighted by Crippen LogP contribution is 2.23. The summed E-state index contributed by atoms with van der Waals surface area (Å²) in [7, 11) is 0.